The van der Waals surface area contributed by atoms with Crippen LogP contribution in [0, 0.1) is 0 Å². The minimum Gasteiger partial charge on any atom is -0.320 e. The standard InChI is InChI=1S/C8H16N2O3S/c1-8(2)7(11)10(14(8,12)13)6-4-5-9-3/h9H,4-6H2,1-3H3. The van der Waals surface area contributed by atoms with Gasteiger partial charge >= 0.3 is 0 Å². The van der Waals surface area contributed by atoms with Gasteiger partial charge in [-0.2, -0.15) is 0 Å². The average Bonchev–Trinajstić information content (AvgIpc) is 2.11. The van der Waals surface area contributed by atoms with Gasteiger partial charge < -0.3 is 5.32 Å². The molecule has 0 aromatic heterocycles. The first-order valence-corrected chi connectivity index (χ1v) is 6.01. The van der Waals surface area contributed by atoms with Crippen LogP contribution in [0.3, 0.4) is 0 Å². The lowest BCUT2D eigenvalue weighted by Crippen LogP contribution is -2.67. The molecule has 0 aromatic rings. The normalized spacial score (nSPS) is 23.4. The minimum absolute atomic E-state index is 0.283. The van der Waals surface area contributed by atoms with Crippen LogP contribution in [0.25, 0.3) is 0 Å². The third-order valence-corrected chi connectivity index (χ3v) is 4.86. The van der Waals surface area contributed by atoms with Crippen molar-refractivity contribution in [1.29, 1.82) is 0 Å². The number of nitrogens with zero attached hydrogens (tertiary/aromatic N) is 1. The summed E-state index contributed by atoms with van der Waals surface area (Å²) in [6.07, 6.45) is 0.650. The summed E-state index contributed by atoms with van der Waals surface area (Å²) in [6, 6.07) is 0. The fraction of sp³-hybridized carbons (Fsp3) is 0.875. The van der Waals surface area contributed by atoms with Crippen molar-refractivity contribution in [3.05, 3.63) is 0 Å². The molecule has 0 aliphatic carbocycles. The number of rotatable bonds is 4. The number of carbonyl (C=O) groups is 1. The number of carbonyl (C=O) groups excluding carboxylic acids is 1. The third-order valence-electron chi connectivity index (χ3n) is 2.46. The third kappa shape index (κ3) is 1.42. The van der Waals surface area contributed by atoms with Gasteiger partial charge in [0.1, 0.15) is 0 Å². The van der Waals surface area contributed by atoms with E-state index in [4.69, 9.17) is 0 Å². The van der Waals surface area contributed by atoms with Crippen LogP contribution in [-0.4, -0.2) is 43.5 Å². The summed E-state index contributed by atoms with van der Waals surface area (Å²) >= 11 is 0. The Morgan fingerprint density at radius 2 is 2.00 bits per heavy atom. The van der Waals surface area contributed by atoms with Crippen LogP contribution in [0.5, 0.6) is 0 Å². The number of amides is 1. The van der Waals surface area contributed by atoms with E-state index in [2.05, 4.69) is 5.32 Å². The smallest absolute Gasteiger partial charge is 0.258 e. The van der Waals surface area contributed by atoms with Crippen molar-refractivity contribution in [1.82, 2.24) is 9.62 Å². The molecule has 0 radical (unpaired) electrons. The zero-order chi connectivity index (χ0) is 11.0. The second-order valence-corrected chi connectivity index (χ2v) is 6.26. The predicted molar refractivity (Wildman–Crippen MR) is 53.3 cm³/mol. The van der Waals surface area contributed by atoms with Crippen LogP contribution in [0.1, 0.15) is 20.3 Å². The highest BCUT2D eigenvalue weighted by Crippen LogP contribution is 2.34. The SMILES string of the molecule is CNCCCN1C(=O)C(C)(C)S1(=O)=O. The number of sulfonamides is 1. The molecule has 1 fully saturated rings. The molecule has 1 saturated heterocycles. The molecule has 0 aromatic carbocycles. The predicted octanol–water partition coefficient (Wildman–Crippen LogP) is -0.454. The first-order valence-electron chi connectivity index (χ1n) is 4.57. The van der Waals surface area contributed by atoms with Gasteiger partial charge in [-0.3, -0.25) is 4.79 Å². The van der Waals surface area contributed by atoms with Crippen molar-refractivity contribution in [2.75, 3.05) is 20.1 Å². The van der Waals surface area contributed by atoms with Crippen molar-refractivity contribution < 1.29 is 13.2 Å². The molecule has 0 unspecified atom stereocenters. The summed E-state index contributed by atoms with van der Waals surface area (Å²) in [5, 5.41) is 2.90. The lowest BCUT2D eigenvalue weighted by Gasteiger charge is -2.43. The summed E-state index contributed by atoms with van der Waals surface area (Å²) in [5.74, 6) is -0.298. The maximum absolute atomic E-state index is 11.6. The Balaban J connectivity index is 2.63. The molecule has 1 N–H and O–H groups in total. The van der Waals surface area contributed by atoms with Crippen molar-refractivity contribution in [2.24, 2.45) is 0 Å². The van der Waals surface area contributed by atoms with Gasteiger partial charge in [0.05, 0.1) is 0 Å². The van der Waals surface area contributed by atoms with E-state index in [0.29, 0.717) is 13.0 Å². The van der Waals surface area contributed by atoms with Crippen molar-refractivity contribution in [3.8, 4) is 0 Å². The summed E-state index contributed by atoms with van der Waals surface area (Å²) in [5.41, 5.74) is 0. The lowest BCUT2D eigenvalue weighted by molar-refractivity contribution is -0.132. The molecule has 1 aliphatic rings. The second-order valence-electron chi connectivity index (χ2n) is 3.85. The molecule has 0 atom stereocenters. The Morgan fingerprint density at radius 1 is 1.43 bits per heavy atom. The van der Waals surface area contributed by atoms with E-state index in [-0.39, 0.29) is 12.5 Å². The largest absolute Gasteiger partial charge is 0.320 e. The van der Waals surface area contributed by atoms with Gasteiger partial charge in [0.25, 0.3) is 15.9 Å². The molecule has 1 aliphatic heterocycles. The molecule has 1 amide bonds. The van der Waals surface area contributed by atoms with E-state index >= 15 is 0 Å². The zero-order valence-electron chi connectivity index (χ0n) is 8.70. The van der Waals surface area contributed by atoms with Gasteiger partial charge in [0.15, 0.2) is 4.75 Å². The van der Waals surface area contributed by atoms with Crippen molar-refractivity contribution >= 4 is 15.9 Å². The summed E-state index contributed by atoms with van der Waals surface area (Å²) in [4.78, 5) is 11.4. The molecule has 6 heteroatoms. The van der Waals surface area contributed by atoms with Crippen LogP contribution in [0.15, 0.2) is 0 Å². The van der Waals surface area contributed by atoms with Crippen LogP contribution in [0.2, 0.25) is 0 Å². The Bertz CT molecular complexity index is 334. The highest BCUT2D eigenvalue weighted by molar-refractivity contribution is 7.94. The van der Waals surface area contributed by atoms with Crippen LogP contribution >= 0.6 is 0 Å². The van der Waals surface area contributed by atoms with Gasteiger partial charge in [-0.15, -0.1) is 0 Å². The highest BCUT2D eigenvalue weighted by atomic mass is 32.2. The van der Waals surface area contributed by atoms with Crippen LogP contribution < -0.4 is 5.32 Å². The second kappa shape index (κ2) is 3.51. The Kier molecular flexibility index (Phi) is 2.87. The molecule has 5 nitrogen and oxygen atoms in total. The maximum Gasteiger partial charge on any atom is 0.258 e. The summed E-state index contributed by atoms with van der Waals surface area (Å²) in [7, 11) is -1.59. The van der Waals surface area contributed by atoms with E-state index < -0.39 is 14.8 Å². The number of hydrogen-bond acceptors (Lipinski definition) is 4. The molecule has 82 valence electrons. The molecule has 1 heterocycles. The Labute approximate surface area is 84.5 Å². The van der Waals surface area contributed by atoms with Crippen LogP contribution in [-0.2, 0) is 14.8 Å². The molecule has 0 saturated carbocycles. The first-order chi connectivity index (χ1) is 6.35. The number of nitrogens with one attached hydrogen (secondary N) is 1. The molecular formula is C8H16N2O3S. The quantitative estimate of drug-likeness (QED) is 0.651. The van der Waals surface area contributed by atoms with Gasteiger partial charge in [0.2, 0.25) is 0 Å². The first kappa shape index (κ1) is 11.5. The monoisotopic (exact) mass is 220 g/mol. The Hall–Kier alpha value is -0.620. The number of hydrogen-bond donors (Lipinski definition) is 1. The van der Waals surface area contributed by atoms with E-state index in [9.17, 15) is 13.2 Å². The lowest BCUT2D eigenvalue weighted by atomic mass is 10.2. The molecule has 0 spiro atoms. The molecule has 1 rings (SSSR count). The molecule has 14 heavy (non-hydrogen) atoms. The van der Waals surface area contributed by atoms with Crippen LogP contribution in [0.4, 0.5) is 0 Å². The van der Waals surface area contributed by atoms with E-state index in [0.717, 1.165) is 4.31 Å². The topological polar surface area (TPSA) is 66.5 Å². The van der Waals surface area contributed by atoms with E-state index in [1.54, 1.807) is 7.05 Å². The maximum atomic E-state index is 11.6. The van der Waals surface area contributed by atoms with Crippen molar-refractivity contribution in [3.63, 3.8) is 0 Å². The van der Waals surface area contributed by atoms with Gasteiger partial charge in [-0.05, 0) is 33.9 Å². The highest BCUT2D eigenvalue weighted by Gasteiger charge is 2.59. The fourth-order valence-corrected chi connectivity index (χ4v) is 2.94. The van der Waals surface area contributed by atoms with E-state index in [1.165, 1.54) is 13.8 Å². The summed E-state index contributed by atoms with van der Waals surface area (Å²) in [6.45, 7) is 3.88. The fourth-order valence-electron chi connectivity index (χ4n) is 1.38. The van der Waals surface area contributed by atoms with Crippen molar-refractivity contribution in [2.45, 2.75) is 25.0 Å². The summed E-state index contributed by atoms with van der Waals surface area (Å²) < 4.78 is 22.9. The van der Waals surface area contributed by atoms with Gasteiger partial charge in [-0.25, -0.2) is 12.7 Å². The molecular weight excluding hydrogens is 204 g/mol. The molecule has 0 bridgehead atoms. The minimum atomic E-state index is -3.37. The van der Waals surface area contributed by atoms with Gasteiger partial charge in [-0.1, -0.05) is 0 Å². The Morgan fingerprint density at radius 3 is 2.43 bits per heavy atom. The zero-order valence-corrected chi connectivity index (χ0v) is 9.52. The van der Waals surface area contributed by atoms with Gasteiger partial charge in [0, 0.05) is 6.54 Å². The van der Waals surface area contributed by atoms with E-state index in [1.807, 2.05) is 0 Å². The average molecular weight is 220 g/mol.